The molecule has 0 aliphatic carbocycles. The van der Waals surface area contributed by atoms with Crippen LogP contribution < -0.4 is 10.5 Å². The van der Waals surface area contributed by atoms with Gasteiger partial charge in [0.05, 0.1) is 15.6 Å². The average molecular weight is 315 g/mol. The summed E-state index contributed by atoms with van der Waals surface area (Å²) in [5, 5.41) is 9.38. The molecule has 4 nitrogen and oxygen atoms in total. The minimum Gasteiger partial charge on any atom is -0.434 e. The number of benzene rings is 1. The van der Waals surface area contributed by atoms with Crippen molar-refractivity contribution in [1.29, 1.82) is 5.26 Å². The fourth-order valence-corrected chi connectivity index (χ4v) is 2.12. The van der Waals surface area contributed by atoms with E-state index in [4.69, 9.17) is 50.5 Å². The van der Waals surface area contributed by atoms with Crippen LogP contribution in [0.2, 0.25) is 15.1 Å². The topological polar surface area (TPSA) is 71.9 Å². The van der Waals surface area contributed by atoms with Gasteiger partial charge in [-0.15, -0.1) is 0 Å². The molecule has 19 heavy (non-hydrogen) atoms. The summed E-state index contributed by atoms with van der Waals surface area (Å²) in [5.41, 5.74) is 6.33. The molecule has 0 saturated heterocycles. The van der Waals surface area contributed by atoms with Crippen LogP contribution in [0.15, 0.2) is 24.4 Å². The van der Waals surface area contributed by atoms with Gasteiger partial charge in [0, 0.05) is 11.9 Å². The largest absolute Gasteiger partial charge is 0.434 e. The van der Waals surface area contributed by atoms with Crippen molar-refractivity contribution in [2.24, 2.45) is 0 Å². The van der Waals surface area contributed by atoms with Gasteiger partial charge in [-0.25, -0.2) is 4.98 Å². The molecule has 0 saturated carbocycles. The number of ether oxygens (including phenoxy) is 1. The first-order chi connectivity index (χ1) is 9.01. The second-order valence-electron chi connectivity index (χ2n) is 3.54. The summed E-state index contributed by atoms with van der Waals surface area (Å²) in [7, 11) is 0. The van der Waals surface area contributed by atoms with Crippen LogP contribution in [-0.4, -0.2) is 4.98 Å². The molecule has 1 aromatic carbocycles. The maximum Gasteiger partial charge on any atom is 0.238 e. The molecule has 0 spiro atoms. The summed E-state index contributed by atoms with van der Waals surface area (Å²) < 4.78 is 5.45. The molecular formula is C12H6Cl3N3O. The average Bonchev–Trinajstić information content (AvgIpc) is 2.35. The summed E-state index contributed by atoms with van der Waals surface area (Å²) in [6.07, 6.45) is 1.33. The van der Waals surface area contributed by atoms with Crippen molar-refractivity contribution in [3.8, 4) is 17.7 Å². The Labute approximate surface area is 124 Å². The van der Waals surface area contributed by atoms with E-state index in [1.807, 2.05) is 6.07 Å². The summed E-state index contributed by atoms with van der Waals surface area (Å²) in [6, 6.07) is 6.35. The van der Waals surface area contributed by atoms with Gasteiger partial charge in [-0.2, -0.15) is 5.26 Å². The number of rotatable bonds is 2. The van der Waals surface area contributed by atoms with E-state index in [2.05, 4.69) is 4.98 Å². The molecule has 0 atom stereocenters. The Balaban J connectivity index is 2.40. The summed E-state index contributed by atoms with van der Waals surface area (Å²) >= 11 is 17.9. The van der Waals surface area contributed by atoms with Crippen LogP contribution in [0.25, 0.3) is 0 Å². The lowest BCUT2D eigenvalue weighted by Crippen LogP contribution is -1.93. The summed E-state index contributed by atoms with van der Waals surface area (Å²) in [4.78, 5) is 3.92. The molecule has 2 N–H and O–H groups in total. The molecule has 0 aliphatic rings. The van der Waals surface area contributed by atoms with Crippen molar-refractivity contribution in [1.82, 2.24) is 4.98 Å². The Morgan fingerprint density at radius 1 is 1.11 bits per heavy atom. The summed E-state index contributed by atoms with van der Waals surface area (Å²) in [6.45, 7) is 0. The van der Waals surface area contributed by atoms with E-state index in [-0.39, 0.29) is 26.7 Å². The fraction of sp³-hybridized carbons (Fsp3) is 0. The van der Waals surface area contributed by atoms with Crippen molar-refractivity contribution in [2.45, 2.75) is 0 Å². The maximum atomic E-state index is 8.72. The second-order valence-corrected chi connectivity index (χ2v) is 4.76. The van der Waals surface area contributed by atoms with Gasteiger partial charge >= 0.3 is 0 Å². The number of nitrogens with zero attached hydrogens (tertiary/aromatic N) is 2. The van der Waals surface area contributed by atoms with Gasteiger partial charge in [-0.1, -0.05) is 34.8 Å². The third-order valence-corrected chi connectivity index (χ3v) is 2.99. The quantitative estimate of drug-likeness (QED) is 0.839. The molecule has 96 valence electrons. The van der Waals surface area contributed by atoms with Crippen molar-refractivity contribution in [3.63, 3.8) is 0 Å². The van der Waals surface area contributed by atoms with Gasteiger partial charge in [0.2, 0.25) is 5.88 Å². The molecule has 0 unspecified atom stereocenters. The van der Waals surface area contributed by atoms with Crippen molar-refractivity contribution >= 4 is 40.5 Å². The van der Waals surface area contributed by atoms with Crippen LogP contribution in [-0.2, 0) is 0 Å². The number of nitrogen functional groups attached to an aromatic ring is 1. The fourth-order valence-electron chi connectivity index (χ4n) is 1.34. The van der Waals surface area contributed by atoms with E-state index in [0.29, 0.717) is 11.3 Å². The van der Waals surface area contributed by atoms with E-state index in [9.17, 15) is 0 Å². The molecule has 0 aliphatic heterocycles. The van der Waals surface area contributed by atoms with E-state index >= 15 is 0 Å². The Hall–Kier alpha value is -1.67. The monoisotopic (exact) mass is 313 g/mol. The first kappa shape index (κ1) is 13.8. The number of aromatic nitrogens is 1. The molecule has 1 aromatic heterocycles. The van der Waals surface area contributed by atoms with Gasteiger partial charge in [0.25, 0.3) is 0 Å². The third-order valence-electron chi connectivity index (χ3n) is 2.16. The first-order valence-corrected chi connectivity index (χ1v) is 6.12. The molecule has 0 fully saturated rings. The predicted octanol–water partition coefficient (Wildman–Crippen LogP) is 4.29. The van der Waals surface area contributed by atoms with Crippen molar-refractivity contribution in [2.75, 3.05) is 5.73 Å². The normalized spacial score (nSPS) is 10.0. The Morgan fingerprint density at radius 2 is 1.74 bits per heavy atom. The van der Waals surface area contributed by atoms with Crippen molar-refractivity contribution in [3.05, 3.63) is 45.0 Å². The van der Waals surface area contributed by atoms with E-state index < -0.39 is 0 Å². The minimum absolute atomic E-state index is 0.106. The molecule has 2 rings (SSSR count). The number of halogens is 3. The van der Waals surface area contributed by atoms with Gasteiger partial charge < -0.3 is 10.5 Å². The lowest BCUT2D eigenvalue weighted by atomic mass is 10.3. The zero-order valence-electron chi connectivity index (χ0n) is 9.32. The maximum absolute atomic E-state index is 8.72. The highest BCUT2D eigenvalue weighted by atomic mass is 35.5. The van der Waals surface area contributed by atoms with Crippen LogP contribution in [0.3, 0.4) is 0 Å². The molecule has 1 heterocycles. The number of nitriles is 1. The molecule has 0 radical (unpaired) electrons. The van der Waals surface area contributed by atoms with Gasteiger partial charge in [0.15, 0.2) is 5.75 Å². The van der Waals surface area contributed by atoms with E-state index in [1.165, 1.54) is 24.4 Å². The van der Waals surface area contributed by atoms with Crippen LogP contribution in [0.1, 0.15) is 5.56 Å². The zero-order valence-corrected chi connectivity index (χ0v) is 11.6. The zero-order chi connectivity index (χ0) is 14.0. The molecule has 0 amide bonds. The van der Waals surface area contributed by atoms with Crippen molar-refractivity contribution < 1.29 is 4.74 Å². The number of pyridine rings is 1. The molecule has 0 bridgehead atoms. The highest BCUT2D eigenvalue weighted by Gasteiger charge is 2.13. The lowest BCUT2D eigenvalue weighted by molar-refractivity contribution is 0.463. The SMILES string of the molecule is N#Cc1cnc(Oc2c(Cl)cc(N)cc2Cl)c(Cl)c1. The van der Waals surface area contributed by atoms with E-state index in [0.717, 1.165) is 0 Å². The Morgan fingerprint density at radius 3 is 2.26 bits per heavy atom. The molecule has 7 heteroatoms. The predicted molar refractivity (Wildman–Crippen MR) is 74.9 cm³/mol. The number of anilines is 1. The second kappa shape index (κ2) is 5.54. The number of nitrogens with two attached hydrogens (primary N) is 1. The van der Waals surface area contributed by atoms with Crippen LogP contribution in [0, 0.1) is 11.3 Å². The Bertz CT molecular complexity index is 659. The lowest BCUT2D eigenvalue weighted by Gasteiger charge is -2.10. The van der Waals surface area contributed by atoms with Gasteiger partial charge in [0.1, 0.15) is 11.1 Å². The molecular weight excluding hydrogens is 309 g/mol. The van der Waals surface area contributed by atoms with Crippen LogP contribution in [0.5, 0.6) is 11.6 Å². The number of hydrogen-bond donors (Lipinski definition) is 1. The van der Waals surface area contributed by atoms with Gasteiger partial charge in [-0.05, 0) is 18.2 Å². The highest BCUT2D eigenvalue weighted by molar-refractivity contribution is 6.37. The van der Waals surface area contributed by atoms with Crippen LogP contribution >= 0.6 is 34.8 Å². The standard InChI is InChI=1S/C12H6Cl3N3O/c13-8-2-7(17)3-9(14)11(8)19-12-10(15)1-6(4-16)5-18-12/h1-3,5H,17H2. The smallest absolute Gasteiger partial charge is 0.238 e. The Kier molecular flexibility index (Phi) is 4.01. The highest BCUT2D eigenvalue weighted by Crippen LogP contribution is 2.39. The van der Waals surface area contributed by atoms with Crippen LogP contribution in [0.4, 0.5) is 5.69 Å². The van der Waals surface area contributed by atoms with E-state index in [1.54, 1.807) is 0 Å². The minimum atomic E-state index is 0.106. The summed E-state index contributed by atoms with van der Waals surface area (Å²) in [5.74, 6) is 0.311. The van der Waals surface area contributed by atoms with Gasteiger partial charge in [-0.3, -0.25) is 0 Å². The third kappa shape index (κ3) is 3.02. The first-order valence-electron chi connectivity index (χ1n) is 4.99. The molecule has 2 aromatic rings. The number of hydrogen-bond acceptors (Lipinski definition) is 4.